The molecule has 1 heterocycles. The summed E-state index contributed by atoms with van der Waals surface area (Å²) in [5.41, 5.74) is 4.46. The van der Waals surface area contributed by atoms with Crippen LogP contribution in [0.4, 0.5) is 4.39 Å². The summed E-state index contributed by atoms with van der Waals surface area (Å²) >= 11 is 2.19. The topological polar surface area (TPSA) is 70.9 Å². The summed E-state index contributed by atoms with van der Waals surface area (Å²) < 4.78 is 25.9. The number of allylic oxidation sites excluding steroid dienone is 1. The predicted molar refractivity (Wildman–Crippen MR) is 131 cm³/mol. The van der Waals surface area contributed by atoms with Gasteiger partial charge in [0.25, 0.3) is 0 Å². The molecule has 4 aromatic rings. The Morgan fingerprint density at radius 3 is 2.81 bits per heavy atom. The molecular weight excluding hydrogens is 520 g/mol. The second-order valence-electron chi connectivity index (χ2n) is 7.23. The highest BCUT2D eigenvalue weighted by Gasteiger charge is 2.14. The van der Waals surface area contributed by atoms with Gasteiger partial charge in [0.1, 0.15) is 24.3 Å². The van der Waals surface area contributed by atoms with Gasteiger partial charge in [-0.2, -0.15) is 5.26 Å². The molecule has 0 bridgehead atoms. The van der Waals surface area contributed by atoms with Crippen molar-refractivity contribution >= 4 is 45.3 Å². The fourth-order valence-electron chi connectivity index (χ4n) is 3.35. The number of aromatic amines is 1. The predicted octanol–water partition coefficient (Wildman–Crippen LogP) is 6.27. The number of imidazole rings is 1. The van der Waals surface area contributed by atoms with Crippen molar-refractivity contribution in [1.82, 2.24) is 9.97 Å². The molecule has 0 unspecified atom stereocenters. The number of nitrogens with one attached hydrogen (secondary N) is 1. The van der Waals surface area contributed by atoms with Crippen LogP contribution in [0.2, 0.25) is 0 Å². The maximum absolute atomic E-state index is 13.5. The van der Waals surface area contributed by atoms with Crippen LogP contribution in [0, 0.1) is 27.6 Å². The van der Waals surface area contributed by atoms with Gasteiger partial charge >= 0.3 is 0 Å². The van der Waals surface area contributed by atoms with Crippen molar-refractivity contribution in [2.24, 2.45) is 0 Å². The normalized spacial score (nSPS) is 11.4. The third-order valence-electron chi connectivity index (χ3n) is 4.85. The highest BCUT2D eigenvalue weighted by Crippen LogP contribution is 2.35. The standard InChI is InChI=1S/C25H19FIN3O2/c1-15-4-3-5-16(8-15)14-32-24-20(27)10-17(11-23(24)31-2)9-18(13-28)25-29-21-7-6-19(26)12-22(21)30-25/h3-12H,14H2,1-2H3,(H,29,30)/b18-9-. The smallest absolute Gasteiger partial charge is 0.174 e. The van der Waals surface area contributed by atoms with Crippen LogP contribution < -0.4 is 9.47 Å². The zero-order valence-electron chi connectivity index (χ0n) is 17.4. The molecule has 3 aromatic carbocycles. The van der Waals surface area contributed by atoms with Crippen LogP contribution >= 0.6 is 22.6 Å². The Labute approximate surface area is 198 Å². The van der Waals surface area contributed by atoms with Gasteiger partial charge in [-0.1, -0.05) is 29.8 Å². The molecule has 1 aromatic heterocycles. The molecule has 0 atom stereocenters. The number of nitriles is 1. The van der Waals surface area contributed by atoms with Gasteiger partial charge in [0, 0.05) is 0 Å². The quantitative estimate of drug-likeness (QED) is 0.232. The van der Waals surface area contributed by atoms with E-state index in [-0.39, 0.29) is 5.82 Å². The SMILES string of the molecule is COc1cc(/C=C(/C#N)c2nc3ccc(F)cc3[nH]2)cc(I)c1OCc1cccc(C)c1. The number of benzene rings is 3. The molecule has 0 fully saturated rings. The largest absolute Gasteiger partial charge is 0.493 e. The fourth-order valence-corrected chi connectivity index (χ4v) is 4.13. The number of fused-ring (bicyclic) bond motifs is 1. The summed E-state index contributed by atoms with van der Waals surface area (Å²) in [4.78, 5) is 7.41. The van der Waals surface area contributed by atoms with Gasteiger partial charge in [0.05, 0.1) is 27.3 Å². The number of aryl methyl sites for hydroxylation is 1. The molecule has 0 amide bonds. The lowest BCUT2D eigenvalue weighted by Crippen LogP contribution is -2.00. The zero-order valence-corrected chi connectivity index (χ0v) is 19.6. The molecular formula is C25H19FIN3O2. The molecule has 0 aliphatic carbocycles. The van der Waals surface area contributed by atoms with Crippen molar-refractivity contribution in [2.45, 2.75) is 13.5 Å². The molecule has 0 aliphatic rings. The van der Waals surface area contributed by atoms with Crippen LogP contribution in [-0.2, 0) is 6.61 Å². The minimum Gasteiger partial charge on any atom is -0.493 e. The highest BCUT2D eigenvalue weighted by molar-refractivity contribution is 14.1. The average molecular weight is 539 g/mol. The summed E-state index contributed by atoms with van der Waals surface area (Å²) in [6.45, 7) is 2.46. The number of ether oxygens (including phenoxy) is 2. The Balaban J connectivity index is 1.64. The van der Waals surface area contributed by atoms with Gasteiger partial charge in [-0.3, -0.25) is 0 Å². The van der Waals surface area contributed by atoms with Crippen LogP contribution in [0.5, 0.6) is 11.5 Å². The summed E-state index contributed by atoms with van der Waals surface area (Å²) in [5, 5.41) is 9.69. The van der Waals surface area contributed by atoms with Crippen molar-refractivity contribution in [2.75, 3.05) is 7.11 Å². The third kappa shape index (κ3) is 4.75. The molecule has 0 spiro atoms. The van der Waals surface area contributed by atoms with Crippen LogP contribution in [0.25, 0.3) is 22.7 Å². The van der Waals surface area contributed by atoms with Gasteiger partial charge in [-0.15, -0.1) is 0 Å². The van der Waals surface area contributed by atoms with E-state index in [4.69, 9.17) is 9.47 Å². The molecule has 4 rings (SSSR count). The van der Waals surface area contributed by atoms with E-state index in [0.717, 1.165) is 14.7 Å². The second kappa shape index (κ2) is 9.40. The lowest BCUT2D eigenvalue weighted by molar-refractivity contribution is 0.282. The summed E-state index contributed by atoms with van der Waals surface area (Å²) in [5.74, 6) is 1.22. The van der Waals surface area contributed by atoms with E-state index in [0.29, 0.717) is 40.5 Å². The lowest BCUT2D eigenvalue weighted by Gasteiger charge is -2.14. The fraction of sp³-hybridized carbons (Fsp3) is 0.120. The van der Waals surface area contributed by atoms with E-state index in [1.165, 1.54) is 17.7 Å². The molecule has 0 saturated heterocycles. The van der Waals surface area contributed by atoms with Gasteiger partial charge < -0.3 is 14.5 Å². The highest BCUT2D eigenvalue weighted by atomic mass is 127. The van der Waals surface area contributed by atoms with Crippen LogP contribution in [0.15, 0.2) is 54.6 Å². The number of hydrogen-bond donors (Lipinski definition) is 1. The number of methoxy groups -OCH3 is 1. The van der Waals surface area contributed by atoms with Crippen molar-refractivity contribution in [3.63, 3.8) is 0 Å². The molecule has 7 heteroatoms. The molecule has 0 saturated carbocycles. The lowest BCUT2D eigenvalue weighted by atomic mass is 10.1. The monoisotopic (exact) mass is 539 g/mol. The van der Waals surface area contributed by atoms with Crippen molar-refractivity contribution in [3.05, 3.63) is 86.5 Å². The number of H-pyrrole nitrogens is 1. The second-order valence-corrected chi connectivity index (χ2v) is 8.39. The minimum atomic E-state index is -0.365. The van der Waals surface area contributed by atoms with E-state index in [9.17, 15) is 9.65 Å². The molecule has 0 radical (unpaired) electrons. The molecule has 5 nitrogen and oxygen atoms in total. The van der Waals surface area contributed by atoms with E-state index in [1.54, 1.807) is 19.3 Å². The van der Waals surface area contributed by atoms with Crippen molar-refractivity contribution in [1.29, 1.82) is 5.26 Å². The number of halogens is 2. The Bertz CT molecular complexity index is 1370. The summed E-state index contributed by atoms with van der Waals surface area (Å²) in [7, 11) is 1.58. The van der Waals surface area contributed by atoms with Crippen molar-refractivity contribution in [3.8, 4) is 17.6 Å². The van der Waals surface area contributed by atoms with E-state index in [2.05, 4.69) is 44.7 Å². The first kappa shape index (κ1) is 21.8. The molecule has 1 N–H and O–H groups in total. The zero-order chi connectivity index (χ0) is 22.7. The minimum absolute atomic E-state index is 0.327. The number of hydrogen-bond acceptors (Lipinski definition) is 4. The third-order valence-corrected chi connectivity index (χ3v) is 5.65. The van der Waals surface area contributed by atoms with Crippen molar-refractivity contribution < 1.29 is 13.9 Å². The van der Waals surface area contributed by atoms with E-state index < -0.39 is 0 Å². The number of aromatic nitrogens is 2. The summed E-state index contributed by atoms with van der Waals surface area (Å²) in [6.07, 6.45) is 1.71. The number of nitrogens with zero attached hydrogens (tertiary/aromatic N) is 2. The van der Waals surface area contributed by atoms with Gasteiger partial charge in [-0.05, 0) is 77.0 Å². The maximum atomic E-state index is 13.5. The Morgan fingerprint density at radius 1 is 1.22 bits per heavy atom. The van der Waals surface area contributed by atoms with Crippen LogP contribution in [0.1, 0.15) is 22.5 Å². The van der Waals surface area contributed by atoms with E-state index in [1.807, 2.05) is 37.3 Å². The van der Waals surface area contributed by atoms with Crippen LogP contribution in [0.3, 0.4) is 0 Å². The van der Waals surface area contributed by atoms with Gasteiger partial charge in [0.2, 0.25) is 0 Å². The first-order valence-electron chi connectivity index (χ1n) is 9.80. The molecule has 0 aliphatic heterocycles. The van der Waals surface area contributed by atoms with E-state index >= 15 is 0 Å². The Hall–Kier alpha value is -3.38. The number of rotatable bonds is 6. The maximum Gasteiger partial charge on any atom is 0.174 e. The Kier molecular flexibility index (Phi) is 6.42. The molecule has 160 valence electrons. The summed E-state index contributed by atoms with van der Waals surface area (Å²) in [6, 6.07) is 18.3. The Morgan fingerprint density at radius 2 is 2.06 bits per heavy atom. The molecule has 32 heavy (non-hydrogen) atoms. The van der Waals surface area contributed by atoms with Crippen LogP contribution in [-0.4, -0.2) is 17.1 Å². The van der Waals surface area contributed by atoms with Gasteiger partial charge in [-0.25, -0.2) is 9.37 Å². The van der Waals surface area contributed by atoms with Gasteiger partial charge in [0.15, 0.2) is 11.5 Å². The average Bonchev–Trinajstić information content (AvgIpc) is 3.19. The first-order chi connectivity index (χ1) is 15.5. The first-order valence-corrected chi connectivity index (χ1v) is 10.9.